The van der Waals surface area contributed by atoms with Gasteiger partial charge in [0.1, 0.15) is 5.60 Å². The zero-order chi connectivity index (χ0) is 15.2. The first-order valence-corrected chi connectivity index (χ1v) is 6.60. The summed E-state index contributed by atoms with van der Waals surface area (Å²) in [6.07, 6.45) is 7.04. The maximum atomic E-state index is 11.8. The Kier molecular flexibility index (Phi) is 5.57. The van der Waals surface area contributed by atoms with E-state index in [9.17, 15) is 9.59 Å². The molecule has 0 atom stereocenters. The lowest BCUT2D eigenvalue weighted by molar-refractivity contribution is -0.110. The standard InChI is InChI=1S/C13H16N2O4S/c1-13(2,3)19-12(17)15-11(14)20-10(16)9-7-5-4-6-8-18-9/h4-8H,1-3H3,(H2,14,15,17). The van der Waals surface area contributed by atoms with Gasteiger partial charge in [-0.05, 0) is 44.7 Å². The van der Waals surface area contributed by atoms with Gasteiger partial charge in [0.15, 0.2) is 10.9 Å². The monoisotopic (exact) mass is 296 g/mol. The molecule has 0 aromatic rings. The number of amidine groups is 1. The van der Waals surface area contributed by atoms with E-state index >= 15 is 0 Å². The Hall–Kier alpha value is -2.02. The molecular formula is C13H16N2O4S. The summed E-state index contributed by atoms with van der Waals surface area (Å²) < 4.78 is 10.0. The molecule has 0 saturated heterocycles. The molecule has 0 aromatic heterocycles. The van der Waals surface area contributed by atoms with Crippen molar-refractivity contribution in [3.63, 3.8) is 0 Å². The molecule has 20 heavy (non-hydrogen) atoms. The van der Waals surface area contributed by atoms with Crippen LogP contribution in [0.5, 0.6) is 0 Å². The van der Waals surface area contributed by atoms with Gasteiger partial charge in [-0.15, -0.1) is 0 Å². The van der Waals surface area contributed by atoms with Gasteiger partial charge in [0, 0.05) is 0 Å². The fourth-order valence-electron chi connectivity index (χ4n) is 1.09. The summed E-state index contributed by atoms with van der Waals surface area (Å²) in [6.45, 7) is 5.12. The summed E-state index contributed by atoms with van der Waals surface area (Å²) in [5.41, 5.74) is -0.665. The molecule has 0 fully saturated rings. The van der Waals surface area contributed by atoms with Crippen molar-refractivity contribution in [2.24, 2.45) is 0 Å². The Balaban J connectivity index is 2.48. The number of ether oxygens (including phenoxy) is 2. The molecule has 7 heteroatoms. The average Bonchev–Trinajstić information content (AvgIpc) is 2.53. The second-order valence-corrected chi connectivity index (χ2v) is 5.69. The van der Waals surface area contributed by atoms with Crippen molar-refractivity contribution in [3.05, 3.63) is 36.3 Å². The summed E-state index contributed by atoms with van der Waals surface area (Å²) in [7, 11) is 0. The lowest BCUT2D eigenvalue weighted by Gasteiger charge is -2.19. The summed E-state index contributed by atoms with van der Waals surface area (Å²) >= 11 is 0.541. The number of amides is 1. The average molecular weight is 296 g/mol. The third kappa shape index (κ3) is 6.24. The van der Waals surface area contributed by atoms with E-state index in [1.807, 2.05) is 0 Å². The topological polar surface area (TPSA) is 88.5 Å². The first kappa shape index (κ1) is 16.0. The second kappa shape index (κ2) is 6.95. The van der Waals surface area contributed by atoms with Crippen LogP contribution < -0.4 is 5.32 Å². The Labute approximate surface area is 121 Å². The van der Waals surface area contributed by atoms with Gasteiger partial charge < -0.3 is 9.47 Å². The van der Waals surface area contributed by atoms with E-state index in [0.29, 0.717) is 11.8 Å². The van der Waals surface area contributed by atoms with Crippen LogP contribution >= 0.6 is 11.8 Å². The van der Waals surface area contributed by atoms with Crippen LogP contribution in [0.1, 0.15) is 20.8 Å². The minimum absolute atomic E-state index is 0.0794. The van der Waals surface area contributed by atoms with Crippen LogP contribution in [0.15, 0.2) is 36.3 Å². The molecule has 0 spiro atoms. The lowest BCUT2D eigenvalue weighted by Crippen LogP contribution is -2.35. The number of carbonyl (C=O) groups is 2. The quantitative estimate of drug-likeness (QED) is 0.573. The minimum Gasteiger partial charge on any atom is -0.460 e. The van der Waals surface area contributed by atoms with Crippen LogP contribution in [0.3, 0.4) is 0 Å². The van der Waals surface area contributed by atoms with E-state index in [-0.39, 0.29) is 10.9 Å². The molecule has 1 aliphatic heterocycles. The van der Waals surface area contributed by atoms with Crippen LogP contribution in [0.25, 0.3) is 0 Å². The number of carbonyl (C=O) groups excluding carboxylic acids is 2. The van der Waals surface area contributed by atoms with Crippen LogP contribution in [-0.2, 0) is 14.3 Å². The molecule has 0 bridgehead atoms. The second-order valence-electron chi connectivity index (χ2n) is 4.71. The zero-order valence-corrected chi connectivity index (χ0v) is 12.2. The van der Waals surface area contributed by atoms with Crippen LogP contribution in [0.2, 0.25) is 0 Å². The predicted molar refractivity (Wildman–Crippen MR) is 77.1 cm³/mol. The third-order valence-corrected chi connectivity index (χ3v) is 2.45. The van der Waals surface area contributed by atoms with Crippen molar-refractivity contribution in [1.82, 2.24) is 5.32 Å². The van der Waals surface area contributed by atoms with Gasteiger partial charge in [-0.1, -0.05) is 12.2 Å². The summed E-state index contributed by atoms with van der Waals surface area (Å²) in [5.74, 6) is 0.0794. The molecule has 0 aromatic carbocycles. The van der Waals surface area contributed by atoms with Gasteiger partial charge in [0.05, 0.1) is 6.26 Å². The van der Waals surface area contributed by atoms with Gasteiger partial charge in [0.25, 0.3) is 5.12 Å². The highest BCUT2D eigenvalue weighted by Gasteiger charge is 2.20. The normalized spacial score (nSPS) is 13.8. The molecule has 6 nitrogen and oxygen atoms in total. The molecule has 108 valence electrons. The molecule has 1 aliphatic rings. The molecule has 0 unspecified atom stereocenters. The van der Waals surface area contributed by atoms with Crippen molar-refractivity contribution in [1.29, 1.82) is 5.41 Å². The number of allylic oxidation sites excluding steroid dienone is 4. The number of thioether (sulfide) groups is 1. The Morgan fingerprint density at radius 2 is 2.00 bits per heavy atom. The molecule has 0 aliphatic carbocycles. The highest BCUT2D eigenvalue weighted by atomic mass is 32.2. The van der Waals surface area contributed by atoms with E-state index in [0.717, 1.165) is 0 Å². The fourth-order valence-corrected chi connectivity index (χ4v) is 1.62. The third-order valence-electron chi connectivity index (χ3n) is 1.75. The highest BCUT2D eigenvalue weighted by molar-refractivity contribution is 8.26. The van der Waals surface area contributed by atoms with Gasteiger partial charge >= 0.3 is 6.09 Å². The summed E-state index contributed by atoms with van der Waals surface area (Å²) in [4.78, 5) is 23.2. The van der Waals surface area contributed by atoms with E-state index in [1.165, 1.54) is 12.3 Å². The Bertz CT molecular complexity index is 501. The van der Waals surface area contributed by atoms with Crippen LogP contribution in [-0.4, -0.2) is 22.0 Å². The number of hydrogen-bond donors (Lipinski definition) is 2. The molecule has 0 radical (unpaired) electrons. The maximum absolute atomic E-state index is 11.8. The summed E-state index contributed by atoms with van der Waals surface area (Å²) in [5, 5.41) is 8.90. The van der Waals surface area contributed by atoms with Gasteiger partial charge in [-0.25, -0.2) is 4.79 Å². The van der Waals surface area contributed by atoms with Crippen molar-refractivity contribution in [2.45, 2.75) is 26.4 Å². The number of hydrogen-bond acceptors (Lipinski definition) is 6. The molecule has 1 amide bonds. The SMILES string of the molecule is CC(C)(C)OC(=O)NC(=N)SC(=O)C1=CC=CC=CO1. The molecule has 1 rings (SSSR count). The summed E-state index contributed by atoms with van der Waals surface area (Å²) in [6, 6.07) is 0. The smallest absolute Gasteiger partial charge is 0.413 e. The lowest BCUT2D eigenvalue weighted by atomic mass is 10.2. The first-order chi connectivity index (χ1) is 9.28. The number of rotatable bonds is 1. The van der Waals surface area contributed by atoms with Crippen molar-refractivity contribution < 1.29 is 19.1 Å². The maximum Gasteiger partial charge on any atom is 0.413 e. The van der Waals surface area contributed by atoms with Gasteiger partial charge in [-0.2, -0.15) is 0 Å². The van der Waals surface area contributed by atoms with Crippen molar-refractivity contribution in [3.8, 4) is 0 Å². The van der Waals surface area contributed by atoms with Crippen LogP contribution in [0, 0.1) is 5.41 Å². The van der Waals surface area contributed by atoms with E-state index < -0.39 is 16.8 Å². The minimum atomic E-state index is -0.779. The highest BCUT2D eigenvalue weighted by Crippen LogP contribution is 2.15. The molecule has 0 saturated carbocycles. The van der Waals surface area contributed by atoms with Gasteiger partial charge in [-0.3, -0.25) is 15.5 Å². The van der Waals surface area contributed by atoms with Crippen molar-refractivity contribution in [2.75, 3.05) is 0 Å². The predicted octanol–water partition coefficient (Wildman–Crippen LogP) is 2.69. The zero-order valence-electron chi connectivity index (χ0n) is 11.4. The number of nitrogens with one attached hydrogen (secondary N) is 2. The van der Waals surface area contributed by atoms with Crippen LogP contribution in [0.4, 0.5) is 4.79 Å². The van der Waals surface area contributed by atoms with E-state index in [2.05, 4.69) is 5.32 Å². The molecular weight excluding hydrogens is 280 g/mol. The Morgan fingerprint density at radius 3 is 2.65 bits per heavy atom. The molecule has 2 N–H and O–H groups in total. The largest absolute Gasteiger partial charge is 0.460 e. The number of alkyl carbamates (subject to hydrolysis) is 1. The molecule has 1 heterocycles. The van der Waals surface area contributed by atoms with Gasteiger partial charge in [0.2, 0.25) is 0 Å². The Morgan fingerprint density at radius 1 is 1.30 bits per heavy atom. The van der Waals surface area contributed by atoms with E-state index in [1.54, 1.807) is 39.0 Å². The van der Waals surface area contributed by atoms with E-state index in [4.69, 9.17) is 14.9 Å². The fraction of sp³-hybridized carbons (Fsp3) is 0.308. The van der Waals surface area contributed by atoms with Crippen molar-refractivity contribution >= 4 is 28.1 Å². The first-order valence-electron chi connectivity index (χ1n) is 5.79.